The summed E-state index contributed by atoms with van der Waals surface area (Å²) in [7, 11) is 0. The Morgan fingerprint density at radius 3 is 1.65 bits per heavy atom. The predicted octanol–water partition coefficient (Wildman–Crippen LogP) is 7.12. The van der Waals surface area contributed by atoms with E-state index in [0.29, 0.717) is 5.75 Å². The van der Waals surface area contributed by atoms with Crippen molar-refractivity contribution in [3.8, 4) is 5.75 Å². The Bertz CT molecular complexity index is 550. The molecule has 0 amide bonds. The van der Waals surface area contributed by atoms with E-state index in [0.717, 1.165) is 11.8 Å². The summed E-state index contributed by atoms with van der Waals surface area (Å²) in [6.45, 7) is 6.46. The Labute approximate surface area is 153 Å². The van der Waals surface area contributed by atoms with Crippen LogP contribution in [0.15, 0.2) is 54.6 Å². The van der Waals surface area contributed by atoms with Gasteiger partial charge in [0.2, 0.25) is 0 Å². The van der Waals surface area contributed by atoms with Crippen LogP contribution in [0.25, 0.3) is 0 Å². The highest BCUT2D eigenvalue weighted by molar-refractivity contribution is 8.20. The Kier molecular flexibility index (Phi) is 11.3. The lowest BCUT2D eigenvalue weighted by molar-refractivity contribution is 0.112. The maximum absolute atomic E-state index is 10.0. The lowest BCUT2D eigenvalue weighted by Gasteiger charge is -2.18. The molecule has 1 N–H and O–H groups in total. The molecule has 2 nitrogen and oxygen atoms in total. The zero-order valence-electron chi connectivity index (χ0n) is 13.2. The van der Waals surface area contributed by atoms with Crippen molar-refractivity contribution in [2.45, 2.75) is 26.2 Å². The van der Waals surface area contributed by atoms with Crippen molar-refractivity contribution in [1.82, 2.24) is 0 Å². The van der Waals surface area contributed by atoms with E-state index in [1.54, 1.807) is 24.3 Å². The fourth-order valence-electron chi connectivity index (χ4n) is 1.49. The van der Waals surface area contributed by atoms with Gasteiger partial charge in [-0.25, -0.2) is 0 Å². The van der Waals surface area contributed by atoms with E-state index in [9.17, 15) is 4.79 Å². The number of hydrogen-bond acceptors (Lipinski definition) is 2. The average molecular weight is 394 g/mol. The Balaban J connectivity index is 0.000000354. The SMILES string of the molecule is CC(C)(C)c1ccc(O)cc1.ClP(Cl)Cl.O=Cc1ccccc1. The van der Waals surface area contributed by atoms with E-state index in [-0.39, 0.29) is 5.41 Å². The van der Waals surface area contributed by atoms with Crippen molar-refractivity contribution < 1.29 is 9.90 Å². The van der Waals surface area contributed by atoms with Gasteiger partial charge >= 0.3 is 0 Å². The molecular weight excluding hydrogens is 374 g/mol. The van der Waals surface area contributed by atoms with Gasteiger partial charge in [0.25, 0.3) is 0 Å². The molecule has 0 aliphatic heterocycles. The summed E-state index contributed by atoms with van der Waals surface area (Å²) in [6.07, 6.45) is 0.833. The van der Waals surface area contributed by atoms with E-state index in [1.807, 2.05) is 30.3 Å². The fourth-order valence-corrected chi connectivity index (χ4v) is 1.49. The van der Waals surface area contributed by atoms with Gasteiger partial charge in [-0.05, 0) is 23.1 Å². The van der Waals surface area contributed by atoms with Gasteiger partial charge in [-0.2, -0.15) is 0 Å². The monoisotopic (exact) mass is 392 g/mol. The first-order valence-corrected chi connectivity index (χ1v) is 10.8. The van der Waals surface area contributed by atoms with Crippen LogP contribution in [0.2, 0.25) is 0 Å². The van der Waals surface area contributed by atoms with Gasteiger partial charge in [-0.15, -0.1) is 0 Å². The summed E-state index contributed by atoms with van der Waals surface area (Å²) in [4.78, 5) is 10.0. The van der Waals surface area contributed by atoms with Gasteiger partial charge in [-0.1, -0.05) is 97.0 Å². The summed E-state index contributed by atoms with van der Waals surface area (Å²) < 4.78 is 0. The van der Waals surface area contributed by atoms with E-state index in [1.165, 1.54) is 5.56 Å². The number of phenolic OH excluding ortho intramolecular Hbond substituents is 1. The molecule has 0 saturated heterocycles. The third-order valence-electron chi connectivity index (χ3n) is 2.67. The van der Waals surface area contributed by atoms with Crippen LogP contribution in [0.4, 0.5) is 0 Å². The van der Waals surface area contributed by atoms with Crippen molar-refractivity contribution in [2.24, 2.45) is 0 Å². The lowest BCUT2D eigenvalue weighted by Crippen LogP contribution is -2.10. The Morgan fingerprint density at radius 1 is 0.913 bits per heavy atom. The third kappa shape index (κ3) is 12.3. The number of phenols is 1. The number of aldehydes is 1. The number of halogens is 3. The van der Waals surface area contributed by atoms with Crippen LogP contribution in [-0.2, 0) is 5.41 Å². The highest BCUT2D eigenvalue weighted by atomic mass is 36.0. The lowest BCUT2D eigenvalue weighted by atomic mass is 9.87. The molecule has 0 aliphatic rings. The number of rotatable bonds is 1. The number of carbonyl (C=O) groups excluding carboxylic acids is 1. The van der Waals surface area contributed by atoms with Gasteiger partial charge in [0.15, 0.2) is 5.98 Å². The maximum Gasteiger partial charge on any atom is 0.179 e. The molecule has 0 radical (unpaired) electrons. The summed E-state index contributed by atoms with van der Waals surface area (Å²) in [6, 6.07) is 16.5. The molecule has 126 valence electrons. The van der Waals surface area contributed by atoms with Crippen molar-refractivity contribution >= 4 is 46.0 Å². The number of aromatic hydroxyl groups is 1. The summed E-state index contributed by atoms with van der Waals surface area (Å²) in [5.41, 5.74) is 2.15. The highest BCUT2D eigenvalue weighted by Crippen LogP contribution is 2.51. The van der Waals surface area contributed by atoms with Gasteiger partial charge in [0, 0.05) is 5.56 Å². The predicted molar refractivity (Wildman–Crippen MR) is 103 cm³/mol. The molecule has 0 atom stereocenters. The van der Waals surface area contributed by atoms with Gasteiger partial charge in [0.05, 0.1) is 0 Å². The Hall–Kier alpha value is -0.790. The van der Waals surface area contributed by atoms with Gasteiger partial charge in [0.1, 0.15) is 12.0 Å². The molecule has 23 heavy (non-hydrogen) atoms. The average Bonchev–Trinajstić information content (AvgIpc) is 2.48. The van der Waals surface area contributed by atoms with Crippen LogP contribution >= 0.6 is 39.7 Å². The molecule has 0 aromatic heterocycles. The van der Waals surface area contributed by atoms with Gasteiger partial charge in [-0.3, -0.25) is 4.79 Å². The molecule has 2 aromatic carbocycles. The van der Waals surface area contributed by atoms with Gasteiger partial charge < -0.3 is 5.11 Å². The molecule has 0 aliphatic carbocycles. The van der Waals surface area contributed by atoms with Crippen LogP contribution in [0.1, 0.15) is 36.7 Å². The third-order valence-corrected chi connectivity index (χ3v) is 2.67. The van der Waals surface area contributed by atoms with Crippen molar-refractivity contribution in [1.29, 1.82) is 0 Å². The van der Waals surface area contributed by atoms with Crippen molar-refractivity contribution in [2.75, 3.05) is 0 Å². The molecule has 0 fully saturated rings. The van der Waals surface area contributed by atoms with Crippen LogP contribution in [0, 0.1) is 0 Å². The number of benzene rings is 2. The number of hydrogen-bond donors (Lipinski definition) is 1. The van der Waals surface area contributed by atoms with Crippen molar-refractivity contribution in [3.05, 3.63) is 65.7 Å². The van der Waals surface area contributed by atoms with E-state index >= 15 is 0 Å². The molecule has 0 spiro atoms. The summed E-state index contributed by atoms with van der Waals surface area (Å²) in [5, 5.41) is 9.02. The first-order chi connectivity index (χ1) is 10.7. The van der Waals surface area contributed by atoms with E-state index < -0.39 is 5.98 Å². The molecule has 2 aromatic rings. The topological polar surface area (TPSA) is 37.3 Å². The first kappa shape index (κ1) is 22.2. The van der Waals surface area contributed by atoms with Crippen LogP contribution < -0.4 is 0 Å². The zero-order chi connectivity index (χ0) is 17.9. The Morgan fingerprint density at radius 2 is 1.35 bits per heavy atom. The second-order valence-electron chi connectivity index (χ2n) is 5.52. The minimum atomic E-state index is -1.20. The normalized spacial score (nSPS) is 10.0. The molecule has 2 rings (SSSR count). The minimum Gasteiger partial charge on any atom is -0.508 e. The summed E-state index contributed by atoms with van der Waals surface area (Å²) >= 11 is 14.6. The van der Waals surface area contributed by atoms with E-state index in [2.05, 4.69) is 20.8 Å². The minimum absolute atomic E-state index is 0.174. The second-order valence-corrected chi connectivity index (χ2v) is 10.5. The summed E-state index contributed by atoms with van der Waals surface area (Å²) in [5.74, 6) is -0.872. The van der Waals surface area contributed by atoms with Crippen LogP contribution in [0.5, 0.6) is 5.75 Å². The van der Waals surface area contributed by atoms with Crippen LogP contribution in [-0.4, -0.2) is 11.4 Å². The van der Waals surface area contributed by atoms with E-state index in [4.69, 9.17) is 38.8 Å². The molecule has 0 saturated carbocycles. The molecule has 0 heterocycles. The highest BCUT2D eigenvalue weighted by Gasteiger charge is 2.12. The first-order valence-electron chi connectivity index (χ1n) is 6.74. The maximum atomic E-state index is 10.0. The standard InChI is InChI=1S/C10H14O.C7H6O.Cl3P/c1-10(2,3)8-4-6-9(11)7-5-8;8-6-7-4-2-1-3-5-7;1-4(2)3/h4-7,11H,1-3H3;1-6H;. The molecule has 6 heteroatoms. The zero-order valence-corrected chi connectivity index (χ0v) is 16.4. The van der Waals surface area contributed by atoms with Crippen molar-refractivity contribution in [3.63, 3.8) is 0 Å². The quantitative estimate of drug-likeness (QED) is 0.413. The largest absolute Gasteiger partial charge is 0.508 e. The molecular formula is C17H20Cl3O2P. The smallest absolute Gasteiger partial charge is 0.179 e. The second kappa shape index (κ2) is 11.7. The number of carbonyl (C=O) groups is 1. The molecule has 0 bridgehead atoms. The fraction of sp³-hybridized carbons (Fsp3) is 0.235. The van der Waals surface area contributed by atoms with Crippen LogP contribution in [0.3, 0.4) is 0 Å². The molecule has 0 unspecified atom stereocenters.